The molecule has 0 radical (unpaired) electrons. The lowest BCUT2D eigenvalue weighted by atomic mass is 10.0. The van der Waals surface area contributed by atoms with Gasteiger partial charge in [-0.25, -0.2) is 8.42 Å². The third-order valence-electron chi connectivity index (χ3n) is 4.65. The second-order valence-corrected chi connectivity index (χ2v) is 8.41. The van der Waals surface area contributed by atoms with Gasteiger partial charge < -0.3 is 5.11 Å². The van der Waals surface area contributed by atoms with E-state index in [0.717, 1.165) is 11.1 Å². The first kappa shape index (κ1) is 17.1. The van der Waals surface area contributed by atoms with Crippen molar-refractivity contribution in [3.8, 4) is 0 Å². The van der Waals surface area contributed by atoms with Crippen LogP contribution in [0.15, 0.2) is 59.5 Å². The smallest absolute Gasteiger partial charge is 0.243 e. The fourth-order valence-electron chi connectivity index (χ4n) is 3.32. The largest absolute Gasteiger partial charge is 0.396 e. The molecule has 4 nitrogen and oxygen atoms in total. The Bertz CT molecular complexity index is 772. The number of aryl methyl sites for hydroxylation is 1. The zero-order valence-corrected chi connectivity index (χ0v) is 14.6. The molecule has 1 aliphatic rings. The third-order valence-corrected chi connectivity index (χ3v) is 6.58. The second-order valence-electron chi connectivity index (χ2n) is 6.52. The average molecular weight is 345 g/mol. The Kier molecular flexibility index (Phi) is 5.04. The predicted octanol–water partition coefficient (Wildman–Crippen LogP) is 2.61. The molecule has 2 aromatic carbocycles. The van der Waals surface area contributed by atoms with Crippen LogP contribution < -0.4 is 0 Å². The van der Waals surface area contributed by atoms with Crippen LogP contribution in [0.4, 0.5) is 0 Å². The zero-order chi connectivity index (χ0) is 17.2. The molecule has 0 aliphatic carbocycles. The zero-order valence-electron chi connectivity index (χ0n) is 13.8. The van der Waals surface area contributed by atoms with E-state index in [0.29, 0.717) is 24.3 Å². The molecule has 0 saturated carbocycles. The van der Waals surface area contributed by atoms with Crippen molar-refractivity contribution < 1.29 is 13.5 Å². The summed E-state index contributed by atoms with van der Waals surface area (Å²) in [6.45, 7) is 2.33. The van der Waals surface area contributed by atoms with Crippen molar-refractivity contribution in [2.24, 2.45) is 5.92 Å². The lowest BCUT2D eigenvalue weighted by Gasteiger charge is -2.24. The minimum atomic E-state index is -3.55. The van der Waals surface area contributed by atoms with Gasteiger partial charge in [0.25, 0.3) is 0 Å². The minimum Gasteiger partial charge on any atom is -0.396 e. The van der Waals surface area contributed by atoms with Crippen LogP contribution in [0.1, 0.15) is 17.5 Å². The van der Waals surface area contributed by atoms with E-state index in [1.54, 1.807) is 16.4 Å². The first-order valence-electron chi connectivity index (χ1n) is 8.24. The number of aliphatic hydroxyl groups is 1. The van der Waals surface area contributed by atoms with E-state index < -0.39 is 10.0 Å². The number of aliphatic hydroxyl groups excluding tert-OH is 1. The van der Waals surface area contributed by atoms with Gasteiger partial charge in [-0.1, -0.05) is 48.0 Å². The molecule has 2 atom stereocenters. The summed E-state index contributed by atoms with van der Waals surface area (Å²) < 4.78 is 27.7. The number of rotatable bonds is 5. The van der Waals surface area contributed by atoms with Gasteiger partial charge in [-0.2, -0.15) is 4.31 Å². The van der Waals surface area contributed by atoms with Crippen LogP contribution >= 0.6 is 0 Å². The second kappa shape index (κ2) is 7.05. The molecule has 0 unspecified atom stereocenters. The van der Waals surface area contributed by atoms with Crippen molar-refractivity contribution in [1.29, 1.82) is 0 Å². The SMILES string of the molecule is Cc1ccc(S(=O)(=O)N2C[C@@H](CO)C[C@@H]2Cc2ccccc2)cc1. The van der Waals surface area contributed by atoms with E-state index in [1.165, 1.54) is 0 Å². The third kappa shape index (κ3) is 3.53. The molecule has 1 saturated heterocycles. The van der Waals surface area contributed by atoms with Crippen LogP contribution in [0.25, 0.3) is 0 Å². The molecule has 0 amide bonds. The number of benzene rings is 2. The van der Waals surface area contributed by atoms with Gasteiger partial charge in [-0.3, -0.25) is 0 Å². The summed E-state index contributed by atoms with van der Waals surface area (Å²) in [4.78, 5) is 0.324. The number of sulfonamides is 1. The summed E-state index contributed by atoms with van der Waals surface area (Å²) in [5.41, 5.74) is 2.15. The number of nitrogens with zero attached hydrogens (tertiary/aromatic N) is 1. The van der Waals surface area contributed by atoms with Gasteiger partial charge >= 0.3 is 0 Å². The van der Waals surface area contributed by atoms with E-state index in [9.17, 15) is 13.5 Å². The Hall–Kier alpha value is -1.69. The van der Waals surface area contributed by atoms with Crippen LogP contribution in [0.5, 0.6) is 0 Å². The van der Waals surface area contributed by atoms with Crippen molar-refractivity contribution in [3.63, 3.8) is 0 Å². The Balaban J connectivity index is 1.89. The summed E-state index contributed by atoms with van der Waals surface area (Å²) in [7, 11) is -3.55. The molecule has 0 aromatic heterocycles. The summed E-state index contributed by atoms with van der Waals surface area (Å²) in [6.07, 6.45) is 1.36. The van der Waals surface area contributed by atoms with E-state index in [-0.39, 0.29) is 18.6 Å². The summed E-state index contributed by atoms with van der Waals surface area (Å²) in [5, 5.41) is 9.52. The molecule has 5 heteroatoms. The number of hydrogen-bond donors (Lipinski definition) is 1. The van der Waals surface area contributed by atoms with Crippen molar-refractivity contribution in [2.45, 2.75) is 30.7 Å². The van der Waals surface area contributed by atoms with Gasteiger partial charge in [0.05, 0.1) is 4.90 Å². The van der Waals surface area contributed by atoms with Crippen LogP contribution in [0.3, 0.4) is 0 Å². The van der Waals surface area contributed by atoms with Gasteiger partial charge in [0, 0.05) is 19.2 Å². The maximum absolute atomic E-state index is 13.1. The van der Waals surface area contributed by atoms with E-state index in [4.69, 9.17) is 0 Å². The maximum atomic E-state index is 13.1. The molecule has 1 aliphatic heterocycles. The molecule has 2 aromatic rings. The molecule has 24 heavy (non-hydrogen) atoms. The monoisotopic (exact) mass is 345 g/mol. The van der Waals surface area contributed by atoms with Crippen molar-refractivity contribution in [1.82, 2.24) is 4.31 Å². The average Bonchev–Trinajstić information content (AvgIpc) is 3.00. The normalized spacial score (nSPS) is 21.9. The quantitative estimate of drug-likeness (QED) is 0.906. The topological polar surface area (TPSA) is 57.6 Å². The van der Waals surface area contributed by atoms with Crippen LogP contribution in [0, 0.1) is 12.8 Å². The highest BCUT2D eigenvalue weighted by Gasteiger charge is 2.39. The molecule has 1 heterocycles. The summed E-state index contributed by atoms with van der Waals surface area (Å²) in [6, 6.07) is 16.8. The van der Waals surface area contributed by atoms with Gasteiger partial charge in [0.15, 0.2) is 0 Å². The van der Waals surface area contributed by atoms with Gasteiger partial charge in [-0.15, -0.1) is 0 Å². The van der Waals surface area contributed by atoms with E-state index in [2.05, 4.69) is 0 Å². The fraction of sp³-hybridized carbons (Fsp3) is 0.368. The van der Waals surface area contributed by atoms with Gasteiger partial charge in [-0.05, 0) is 43.4 Å². The maximum Gasteiger partial charge on any atom is 0.243 e. The first-order chi connectivity index (χ1) is 11.5. The molecule has 1 N–H and O–H groups in total. The van der Waals surface area contributed by atoms with Crippen LogP contribution in [-0.4, -0.2) is 37.0 Å². The molecule has 0 spiro atoms. The highest BCUT2D eigenvalue weighted by molar-refractivity contribution is 7.89. The first-order valence-corrected chi connectivity index (χ1v) is 9.68. The van der Waals surface area contributed by atoms with Crippen molar-refractivity contribution >= 4 is 10.0 Å². The van der Waals surface area contributed by atoms with E-state index in [1.807, 2.05) is 49.4 Å². The van der Waals surface area contributed by atoms with Gasteiger partial charge in [0.1, 0.15) is 0 Å². The van der Waals surface area contributed by atoms with Crippen molar-refractivity contribution in [3.05, 3.63) is 65.7 Å². The Labute approximate surface area is 143 Å². The Morgan fingerprint density at radius 3 is 2.38 bits per heavy atom. The molecule has 0 bridgehead atoms. The van der Waals surface area contributed by atoms with Crippen LogP contribution in [-0.2, 0) is 16.4 Å². The standard InChI is InChI=1S/C19H23NO3S/c1-15-7-9-19(10-8-15)24(22,23)20-13-17(14-21)12-18(20)11-16-5-3-2-4-6-16/h2-10,17-18,21H,11-14H2,1H3/t17-,18-/m0/s1. The Morgan fingerprint density at radius 1 is 1.08 bits per heavy atom. The molecule has 1 fully saturated rings. The predicted molar refractivity (Wildman–Crippen MR) is 94.2 cm³/mol. The summed E-state index contributed by atoms with van der Waals surface area (Å²) in [5.74, 6) is -0.000986. The van der Waals surface area contributed by atoms with E-state index >= 15 is 0 Å². The van der Waals surface area contributed by atoms with Crippen LogP contribution in [0.2, 0.25) is 0 Å². The lowest BCUT2D eigenvalue weighted by Crippen LogP contribution is -2.37. The van der Waals surface area contributed by atoms with Crippen molar-refractivity contribution in [2.75, 3.05) is 13.2 Å². The molecular formula is C19H23NO3S. The molecule has 128 valence electrons. The molecule has 3 rings (SSSR count). The highest BCUT2D eigenvalue weighted by Crippen LogP contribution is 2.31. The van der Waals surface area contributed by atoms with Gasteiger partial charge in [0.2, 0.25) is 10.0 Å². The molecular weight excluding hydrogens is 322 g/mol. The Morgan fingerprint density at radius 2 is 1.75 bits per heavy atom. The fourth-order valence-corrected chi connectivity index (χ4v) is 5.04. The highest BCUT2D eigenvalue weighted by atomic mass is 32.2. The summed E-state index contributed by atoms with van der Waals surface area (Å²) >= 11 is 0. The minimum absolute atomic E-state index is 0.000986. The number of hydrogen-bond acceptors (Lipinski definition) is 3. The lowest BCUT2D eigenvalue weighted by molar-refractivity contribution is 0.233.